The minimum atomic E-state index is -2.92. The van der Waals surface area contributed by atoms with Gasteiger partial charge in [0.1, 0.15) is 11.8 Å². The first-order valence-electron chi connectivity index (χ1n) is 3.17. The molecular formula is C7H3F2IN2O. The van der Waals surface area contributed by atoms with Crippen molar-refractivity contribution in [3.05, 3.63) is 31.2 Å². The Morgan fingerprint density at radius 3 is 2.69 bits per heavy atom. The van der Waals surface area contributed by atoms with E-state index in [1.54, 1.807) is 22.6 Å². The predicted molar refractivity (Wildman–Crippen MR) is 49.5 cm³/mol. The second-order valence-electron chi connectivity index (χ2n) is 2.18. The van der Waals surface area contributed by atoms with Crippen LogP contribution in [-0.2, 0) is 0 Å². The van der Waals surface area contributed by atoms with E-state index >= 15 is 0 Å². The SMILES string of the molecule is N#Cc1[nH]c(I)cc(=O)c1C(F)F. The Kier molecular flexibility index (Phi) is 2.98. The highest BCUT2D eigenvalue weighted by molar-refractivity contribution is 14.1. The van der Waals surface area contributed by atoms with Crippen molar-refractivity contribution >= 4 is 22.6 Å². The number of hydrogen-bond donors (Lipinski definition) is 1. The monoisotopic (exact) mass is 296 g/mol. The van der Waals surface area contributed by atoms with E-state index < -0.39 is 17.4 Å². The number of rotatable bonds is 1. The number of pyridine rings is 1. The Morgan fingerprint density at radius 1 is 1.62 bits per heavy atom. The van der Waals surface area contributed by atoms with Crippen molar-refractivity contribution in [2.24, 2.45) is 0 Å². The zero-order valence-corrected chi connectivity index (χ0v) is 8.30. The third kappa shape index (κ3) is 2.03. The minimum absolute atomic E-state index is 0.364. The minimum Gasteiger partial charge on any atom is -0.341 e. The van der Waals surface area contributed by atoms with Crippen LogP contribution in [0.3, 0.4) is 0 Å². The molecule has 0 atom stereocenters. The molecule has 1 N–H and O–H groups in total. The van der Waals surface area contributed by atoms with Gasteiger partial charge in [-0.2, -0.15) is 5.26 Å². The molecular weight excluding hydrogens is 293 g/mol. The fraction of sp³-hybridized carbons (Fsp3) is 0.143. The fourth-order valence-corrected chi connectivity index (χ4v) is 1.40. The van der Waals surface area contributed by atoms with Gasteiger partial charge in [0.25, 0.3) is 6.43 Å². The van der Waals surface area contributed by atoms with Gasteiger partial charge in [-0.1, -0.05) is 0 Å². The third-order valence-electron chi connectivity index (χ3n) is 1.37. The maximum atomic E-state index is 12.2. The highest BCUT2D eigenvalue weighted by atomic mass is 127. The molecule has 6 heteroatoms. The van der Waals surface area contributed by atoms with Crippen LogP contribution in [0.2, 0.25) is 0 Å². The highest BCUT2D eigenvalue weighted by Crippen LogP contribution is 2.17. The van der Waals surface area contributed by atoms with Crippen LogP contribution in [0.1, 0.15) is 17.7 Å². The van der Waals surface area contributed by atoms with Crippen LogP contribution in [0.5, 0.6) is 0 Å². The van der Waals surface area contributed by atoms with Crippen LogP contribution < -0.4 is 5.43 Å². The average Bonchev–Trinajstić information content (AvgIpc) is 2.01. The van der Waals surface area contributed by atoms with Crippen molar-refractivity contribution < 1.29 is 8.78 Å². The van der Waals surface area contributed by atoms with E-state index in [-0.39, 0.29) is 5.69 Å². The number of alkyl halides is 2. The summed E-state index contributed by atoms with van der Waals surface area (Å²) in [6, 6.07) is 2.55. The number of aromatic nitrogens is 1. The summed E-state index contributed by atoms with van der Waals surface area (Å²) in [5.41, 5.74) is -1.94. The zero-order valence-electron chi connectivity index (χ0n) is 6.14. The van der Waals surface area contributed by atoms with Crippen molar-refractivity contribution in [1.29, 1.82) is 5.26 Å². The fourth-order valence-electron chi connectivity index (χ4n) is 0.844. The van der Waals surface area contributed by atoms with E-state index in [9.17, 15) is 13.6 Å². The largest absolute Gasteiger partial charge is 0.341 e. The van der Waals surface area contributed by atoms with E-state index in [0.29, 0.717) is 3.70 Å². The first-order valence-corrected chi connectivity index (χ1v) is 4.25. The number of halogens is 3. The Morgan fingerprint density at radius 2 is 2.23 bits per heavy atom. The summed E-state index contributed by atoms with van der Waals surface area (Å²) in [6.45, 7) is 0. The van der Waals surface area contributed by atoms with Gasteiger partial charge in [-0.15, -0.1) is 0 Å². The van der Waals surface area contributed by atoms with E-state index in [0.717, 1.165) is 6.07 Å². The molecule has 0 amide bonds. The molecule has 13 heavy (non-hydrogen) atoms. The van der Waals surface area contributed by atoms with E-state index in [1.807, 2.05) is 0 Å². The summed E-state index contributed by atoms with van der Waals surface area (Å²) in [5, 5.41) is 8.46. The van der Waals surface area contributed by atoms with Gasteiger partial charge in [0.05, 0.1) is 9.26 Å². The van der Waals surface area contributed by atoms with Crippen molar-refractivity contribution in [3.63, 3.8) is 0 Å². The normalized spacial score (nSPS) is 10.1. The number of H-pyrrole nitrogens is 1. The molecule has 0 aliphatic carbocycles. The quantitative estimate of drug-likeness (QED) is 0.634. The van der Waals surface area contributed by atoms with Gasteiger partial charge in [0.15, 0.2) is 5.43 Å². The predicted octanol–water partition coefficient (Wildman–Crippen LogP) is 1.79. The lowest BCUT2D eigenvalue weighted by Crippen LogP contribution is -2.13. The van der Waals surface area contributed by atoms with Crippen LogP contribution in [0.4, 0.5) is 8.78 Å². The van der Waals surface area contributed by atoms with Gasteiger partial charge in [-0.05, 0) is 22.6 Å². The Labute approximate surface area is 85.5 Å². The number of nitrogens with zero attached hydrogens (tertiary/aromatic N) is 1. The number of aromatic amines is 1. The summed E-state index contributed by atoms with van der Waals surface area (Å²) < 4.78 is 24.8. The van der Waals surface area contributed by atoms with Gasteiger partial charge in [0.2, 0.25) is 0 Å². The summed E-state index contributed by atoms with van der Waals surface area (Å²) >= 11 is 1.74. The lowest BCUT2D eigenvalue weighted by atomic mass is 10.2. The highest BCUT2D eigenvalue weighted by Gasteiger charge is 2.17. The van der Waals surface area contributed by atoms with Crippen molar-refractivity contribution in [2.45, 2.75) is 6.43 Å². The number of nitriles is 1. The Hall–Kier alpha value is -0.970. The van der Waals surface area contributed by atoms with Gasteiger partial charge < -0.3 is 4.98 Å². The topological polar surface area (TPSA) is 56.6 Å². The van der Waals surface area contributed by atoms with Crippen molar-refractivity contribution in [3.8, 4) is 6.07 Å². The van der Waals surface area contributed by atoms with E-state index in [1.165, 1.54) is 6.07 Å². The molecule has 0 saturated carbocycles. The molecule has 0 aliphatic rings. The molecule has 0 saturated heterocycles. The van der Waals surface area contributed by atoms with Gasteiger partial charge in [0, 0.05) is 6.07 Å². The molecule has 0 fully saturated rings. The van der Waals surface area contributed by atoms with Gasteiger partial charge in [-0.3, -0.25) is 4.79 Å². The summed E-state index contributed by atoms with van der Waals surface area (Å²) in [7, 11) is 0. The maximum absolute atomic E-state index is 12.2. The summed E-state index contributed by atoms with van der Waals surface area (Å²) in [5.74, 6) is 0. The third-order valence-corrected chi connectivity index (χ3v) is 1.95. The maximum Gasteiger partial charge on any atom is 0.270 e. The second-order valence-corrected chi connectivity index (χ2v) is 3.34. The summed E-state index contributed by atoms with van der Waals surface area (Å²) in [6.07, 6.45) is -2.92. The van der Waals surface area contributed by atoms with Crippen LogP contribution in [0.25, 0.3) is 0 Å². The molecule has 0 aliphatic heterocycles. The second kappa shape index (κ2) is 3.83. The van der Waals surface area contributed by atoms with Crippen molar-refractivity contribution in [2.75, 3.05) is 0 Å². The zero-order chi connectivity index (χ0) is 10.0. The van der Waals surface area contributed by atoms with Crippen molar-refractivity contribution in [1.82, 2.24) is 4.98 Å². The standard InChI is InChI=1S/C7H3F2IN2O/c8-7(9)6-3(2-11)12-5(10)1-4(6)13/h1,7H,(H,12,13). The summed E-state index contributed by atoms with van der Waals surface area (Å²) in [4.78, 5) is 13.4. The van der Waals surface area contributed by atoms with E-state index in [4.69, 9.17) is 5.26 Å². The lowest BCUT2D eigenvalue weighted by Gasteiger charge is -2.01. The van der Waals surface area contributed by atoms with Crippen LogP contribution in [0.15, 0.2) is 10.9 Å². The first-order chi connectivity index (χ1) is 6.06. The lowest BCUT2D eigenvalue weighted by molar-refractivity contribution is 0.149. The molecule has 0 aromatic carbocycles. The Bertz CT molecular complexity index is 421. The van der Waals surface area contributed by atoms with Crippen LogP contribution in [-0.4, -0.2) is 4.98 Å². The molecule has 1 aromatic rings. The number of nitrogens with one attached hydrogen (secondary N) is 1. The molecule has 0 unspecified atom stereocenters. The first kappa shape index (κ1) is 10.1. The molecule has 3 nitrogen and oxygen atoms in total. The van der Waals surface area contributed by atoms with Crippen LogP contribution in [0, 0.1) is 15.0 Å². The molecule has 0 spiro atoms. The number of hydrogen-bond acceptors (Lipinski definition) is 2. The van der Waals surface area contributed by atoms with Gasteiger partial charge >= 0.3 is 0 Å². The van der Waals surface area contributed by atoms with Gasteiger partial charge in [-0.25, -0.2) is 8.78 Å². The van der Waals surface area contributed by atoms with Crippen LogP contribution >= 0.6 is 22.6 Å². The molecule has 1 rings (SSSR count). The molecule has 68 valence electrons. The molecule has 0 radical (unpaired) electrons. The smallest absolute Gasteiger partial charge is 0.270 e. The molecule has 0 bridgehead atoms. The molecule has 1 heterocycles. The van der Waals surface area contributed by atoms with E-state index in [2.05, 4.69) is 4.98 Å². The average molecular weight is 296 g/mol. The Balaban J connectivity index is 3.51. The molecule has 1 aromatic heterocycles.